The first-order chi connectivity index (χ1) is 9.09. The van der Waals surface area contributed by atoms with Gasteiger partial charge in [-0.25, -0.2) is 5.43 Å². The van der Waals surface area contributed by atoms with E-state index in [0.717, 1.165) is 11.3 Å². The van der Waals surface area contributed by atoms with E-state index in [1.54, 1.807) is 16.7 Å². The fourth-order valence-electron chi connectivity index (χ4n) is 1.64. The van der Waals surface area contributed by atoms with Crippen LogP contribution in [0.2, 0.25) is 5.02 Å². The molecular weight excluding hydrogens is 262 g/mol. The van der Waals surface area contributed by atoms with Crippen LogP contribution in [0.3, 0.4) is 0 Å². The molecule has 0 fully saturated rings. The maximum absolute atomic E-state index is 11.9. The number of carbonyl (C=O) groups is 1. The smallest absolute Gasteiger partial charge is 0.287 e. The van der Waals surface area contributed by atoms with E-state index < -0.39 is 0 Å². The van der Waals surface area contributed by atoms with E-state index in [1.165, 1.54) is 6.21 Å². The van der Waals surface area contributed by atoms with Gasteiger partial charge in [0, 0.05) is 23.3 Å². The van der Waals surface area contributed by atoms with Gasteiger partial charge in [-0.1, -0.05) is 29.8 Å². The van der Waals surface area contributed by atoms with Gasteiger partial charge in [-0.2, -0.15) is 5.10 Å². The molecule has 1 heterocycles. The summed E-state index contributed by atoms with van der Waals surface area (Å²) in [6.45, 7) is 1.93. The van der Waals surface area contributed by atoms with Crippen molar-refractivity contribution in [2.24, 2.45) is 12.1 Å². The zero-order valence-corrected chi connectivity index (χ0v) is 11.5. The molecule has 0 saturated carbocycles. The maximum atomic E-state index is 11.9. The van der Waals surface area contributed by atoms with Gasteiger partial charge >= 0.3 is 0 Å². The minimum Gasteiger partial charge on any atom is -0.344 e. The van der Waals surface area contributed by atoms with Crippen molar-refractivity contribution >= 4 is 23.7 Å². The second-order valence-corrected chi connectivity index (χ2v) is 4.55. The molecule has 0 radical (unpaired) electrons. The second kappa shape index (κ2) is 5.71. The highest BCUT2D eigenvalue weighted by atomic mass is 35.5. The maximum Gasteiger partial charge on any atom is 0.287 e. The number of rotatable bonds is 3. The van der Waals surface area contributed by atoms with Crippen LogP contribution >= 0.6 is 11.6 Å². The van der Waals surface area contributed by atoms with E-state index in [-0.39, 0.29) is 5.91 Å². The summed E-state index contributed by atoms with van der Waals surface area (Å²) in [7, 11) is 1.84. The van der Waals surface area contributed by atoms with Crippen molar-refractivity contribution in [3.8, 4) is 0 Å². The molecule has 1 N–H and O–H groups in total. The molecule has 1 aromatic carbocycles. The van der Waals surface area contributed by atoms with E-state index >= 15 is 0 Å². The number of amides is 1. The molecule has 98 valence electrons. The first-order valence-electron chi connectivity index (χ1n) is 5.80. The number of hydrazone groups is 1. The highest BCUT2D eigenvalue weighted by molar-refractivity contribution is 6.33. The predicted octanol–water partition coefficient (Wildman–Crippen LogP) is 2.75. The normalized spacial score (nSPS) is 10.9. The molecule has 19 heavy (non-hydrogen) atoms. The van der Waals surface area contributed by atoms with Gasteiger partial charge in [-0.3, -0.25) is 4.79 Å². The molecule has 0 saturated heterocycles. The number of aryl methyl sites for hydroxylation is 1. The topological polar surface area (TPSA) is 46.4 Å². The first kappa shape index (κ1) is 13.4. The fraction of sp³-hybridized carbons (Fsp3) is 0.143. The third kappa shape index (κ3) is 3.03. The van der Waals surface area contributed by atoms with Gasteiger partial charge < -0.3 is 4.57 Å². The quantitative estimate of drug-likeness (QED) is 0.679. The summed E-state index contributed by atoms with van der Waals surface area (Å²) in [5.74, 6) is -0.251. The Kier molecular flexibility index (Phi) is 4.02. The second-order valence-electron chi connectivity index (χ2n) is 4.14. The molecule has 5 heteroatoms. The summed E-state index contributed by atoms with van der Waals surface area (Å²) in [4.78, 5) is 11.9. The zero-order chi connectivity index (χ0) is 13.8. The van der Waals surface area contributed by atoms with Crippen LogP contribution in [0.1, 0.15) is 21.7 Å². The number of halogens is 1. The first-order valence-corrected chi connectivity index (χ1v) is 6.17. The third-order valence-electron chi connectivity index (χ3n) is 2.88. The number of carbonyl (C=O) groups excluding carboxylic acids is 1. The number of nitrogens with zero attached hydrogens (tertiary/aromatic N) is 2. The van der Waals surface area contributed by atoms with Gasteiger partial charge in [0.15, 0.2) is 0 Å². The lowest BCUT2D eigenvalue weighted by Gasteiger charge is -2.03. The van der Waals surface area contributed by atoms with Gasteiger partial charge in [-0.05, 0) is 25.1 Å². The van der Waals surface area contributed by atoms with Gasteiger partial charge in [0.1, 0.15) is 5.69 Å². The average molecular weight is 276 g/mol. The van der Waals surface area contributed by atoms with Crippen molar-refractivity contribution in [2.45, 2.75) is 6.92 Å². The Morgan fingerprint density at radius 2 is 2.05 bits per heavy atom. The van der Waals surface area contributed by atoms with Crippen molar-refractivity contribution in [3.63, 3.8) is 0 Å². The van der Waals surface area contributed by atoms with Crippen molar-refractivity contribution in [1.29, 1.82) is 0 Å². The fourth-order valence-corrected chi connectivity index (χ4v) is 1.82. The zero-order valence-electron chi connectivity index (χ0n) is 10.7. The molecule has 0 aliphatic carbocycles. The SMILES string of the molecule is Cc1ccc(C(=O)N/N=C/c2ccccc2Cl)n1C. The molecule has 0 unspecified atom stereocenters. The Bertz CT molecular complexity index is 631. The van der Waals surface area contributed by atoms with Crippen LogP contribution in [0.4, 0.5) is 0 Å². The lowest BCUT2D eigenvalue weighted by atomic mass is 10.2. The summed E-state index contributed by atoms with van der Waals surface area (Å²) in [6.07, 6.45) is 1.52. The van der Waals surface area contributed by atoms with Crippen LogP contribution in [-0.4, -0.2) is 16.7 Å². The Hall–Kier alpha value is -2.07. The van der Waals surface area contributed by atoms with Gasteiger partial charge in [0.05, 0.1) is 6.21 Å². The molecule has 0 atom stereocenters. The minimum atomic E-state index is -0.251. The molecule has 0 aliphatic heterocycles. The molecule has 2 rings (SSSR count). The van der Waals surface area contributed by atoms with Crippen molar-refractivity contribution in [1.82, 2.24) is 9.99 Å². The van der Waals surface area contributed by atoms with Gasteiger partial charge in [0.2, 0.25) is 0 Å². The number of aromatic nitrogens is 1. The van der Waals surface area contributed by atoms with Gasteiger partial charge in [-0.15, -0.1) is 0 Å². The molecule has 1 aromatic heterocycles. The monoisotopic (exact) mass is 275 g/mol. The average Bonchev–Trinajstić information content (AvgIpc) is 2.72. The lowest BCUT2D eigenvalue weighted by molar-refractivity contribution is 0.0947. The van der Waals surface area contributed by atoms with Crippen LogP contribution in [0, 0.1) is 6.92 Å². The molecule has 1 amide bonds. The van der Waals surface area contributed by atoms with E-state index in [9.17, 15) is 4.79 Å². The van der Waals surface area contributed by atoms with E-state index in [0.29, 0.717) is 10.7 Å². The minimum absolute atomic E-state index is 0.251. The van der Waals surface area contributed by atoms with E-state index in [2.05, 4.69) is 10.5 Å². The summed E-state index contributed by atoms with van der Waals surface area (Å²) in [5, 5.41) is 4.50. The molecule has 0 aliphatic rings. The molecule has 2 aromatic rings. The number of nitrogens with one attached hydrogen (secondary N) is 1. The van der Waals surface area contributed by atoms with Crippen molar-refractivity contribution in [2.75, 3.05) is 0 Å². The molecule has 0 bridgehead atoms. The molecule has 0 spiro atoms. The Morgan fingerprint density at radius 1 is 1.32 bits per heavy atom. The van der Waals surface area contributed by atoms with Crippen molar-refractivity contribution in [3.05, 3.63) is 58.4 Å². The summed E-state index contributed by atoms with van der Waals surface area (Å²) in [6, 6.07) is 10.9. The Morgan fingerprint density at radius 3 is 2.68 bits per heavy atom. The van der Waals surface area contributed by atoms with Crippen LogP contribution in [0.15, 0.2) is 41.5 Å². The Balaban J connectivity index is 2.05. The van der Waals surface area contributed by atoms with Crippen LogP contribution in [0.25, 0.3) is 0 Å². The largest absolute Gasteiger partial charge is 0.344 e. The molecular formula is C14H14ClN3O. The van der Waals surface area contributed by atoms with Crippen LogP contribution in [0.5, 0.6) is 0 Å². The summed E-state index contributed by atoms with van der Waals surface area (Å²) >= 11 is 5.98. The standard InChI is InChI=1S/C14H14ClN3O/c1-10-7-8-13(18(10)2)14(19)17-16-9-11-5-3-4-6-12(11)15/h3-9H,1-2H3,(H,17,19)/b16-9+. The lowest BCUT2D eigenvalue weighted by Crippen LogP contribution is -2.20. The van der Waals surface area contributed by atoms with Gasteiger partial charge in [0.25, 0.3) is 5.91 Å². The highest BCUT2D eigenvalue weighted by Gasteiger charge is 2.09. The third-order valence-corrected chi connectivity index (χ3v) is 3.22. The van der Waals surface area contributed by atoms with E-state index in [4.69, 9.17) is 11.6 Å². The summed E-state index contributed by atoms with van der Waals surface area (Å²) < 4.78 is 1.81. The number of benzene rings is 1. The van der Waals surface area contributed by atoms with Crippen molar-refractivity contribution < 1.29 is 4.79 Å². The predicted molar refractivity (Wildman–Crippen MR) is 76.7 cm³/mol. The summed E-state index contributed by atoms with van der Waals surface area (Å²) in [5.41, 5.74) is 4.81. The number of hydrogen-bond donors (Lipinski definition) is 1. The van der Waals surface area contributed by atoms with E-state index in [1.807, 2.05) is 38.2 Å². The van der Waals surface area contributed by atoms with Crippen LogP contribution in [-0.2, 0) is 7.05 Å². The Labute approximate surface area is 116 Å². The molecule has 4 nitrogen and oxygen atoms in total. The van der Waals surface area contributed by atoms with Crippen LogP contribution < -0.4 is 5.43 Å². The highest BCUT2D eigenvalue weighted by Crippen LogP contribution is 2.12. The number of hydrogen-bond acceptors (Lipinski definition) is 2.